The first kappa shape index (κ1) is 10.4. The topological polar surface area (TPSA) is 63.3 Å². The second-order valence-corrected chi connectivity index (χ2v) is 3.31. The van der Waals surface area contributed by atoms with Gasteiger partial charge in [0.1, 0.15) is 5.69 Å². The number of nitrogens with zero attached hydrogens (tertiary/aromatic N) is 1. The van der Waals surface area contributed by atoms with Crippen LogP contribution in [0.1, 0.15) is 23.4 Å². The number of benzene rings is 1. The standard InChI is InChI=1S/C12H11NO3/c1-2-9-13-10(11(16-9)12(14)15)8-6-4-3-5-7-8/h3-7H,2H2,1H3,(H,14,15). The number of carboxylic acid groups (broad SMARTS) is 1. The summed E-state index contributed by atoms with van der Waals surface area (Å²) in [5.41, 5.74) is 1.15. The maximum atomic E-state index is 11.0. The second-order valence-electron chi connectivity index (χ2n) is 3.31. The van der Waals surface area contributed by atoms with Crippen molar-refractivity contribution in [2.24, 2.45) is 0 Å². The van der Waals surface area contributed by atoms with Crippen LogP contribution >= 0.6 is 0 Å². The summed E-state index contributed by atoms with van der Waals surface area (Å²) >= 11 is 0. The van der Waals surface area contributed by atoms with Gasteiger partial charge >= 0.3 is 5.97 Å². The van der Waals surface area contributed by atoms with Gasteiger partial charge in [-0.15, -0.1) is 0 Å². The molecule has 0 spiro atoms. The Balaban J connectivity index is 2.55. The Kier molecular flexibility index (Phi) is 2.72. The largest absolute Gasteiger partial charge is 0.475 e. The third kappa shape index (κ3) is 1.82. The lowest BCUT2D eigenvalue weighted by Gasteiger charge is -1.95. The van der Waals surface area contributed by atoms with Gasteiger partial charge in [-0.2, -0.15) is 0 Å². The number of rotatable bonds is 3. The molecule has 0 bridgehead atoms. The molecular formula is C12H11NO3. The van der Waals surface area contributed by atoms with Crippen LogP contribution in [0.25, 0.3) is 11.3 Å². The zero-order chi connectivity index (χ0) is 11.5. The average molecular weight is 217 g/mol. The number of oxazole rings is 1. The van der Waals surface area contributed by atoms with Crippen LogP contribution in [0, 0.1) is 0 Å². The van der Waals surface area contributed by atoms with Gasteiger partial charge in [0.25, 0.3) is 0 Å². The molecule has 1 N–H and O–H groups in total. The lowest BCUT2D eigenvalue weighted by atomic mass is 10.1. The van der Waals surface area contributed by atoms with Gasteiger partial charge in [-0.05, 0) is 0 Å². The Hall–Kier alpha value is -2.10. The van der Waals surface area contributed by atoms with E-state index in [0.29, 0.717) is 18.0 Å². The van der Waals surface area contributed by atoms with Gasteiger partial charge < -0.3 is 9.52 Å². The van der Waals surface area contributed by atoms with Gasteiger partial charge in [-0.3, -0.25) is 0 Å². The van der Waals surface area contributed by atoms with Gasteiger partial charge in [0.2, 0.25) is 5.76 Å². The highest BCUT2D eigenvalue weighted by Crippen LogP contribution is 2.23. The van der Waals surface area contributed by atoms with Gasteiger partial charge in [0, 0.05) is 12.0 Å². The maximum Gasteiger partial charge on any atom is 0.374 e. The number of aryl methyl sites for hydroxylation is 1. The fourth-order valence-electron chi connectivity index (χ4n) is 1.45. The Bertz CT molecular complexity index is 502. The van der Waals surface area contributed by atoms with E-state index in [1.807, 2.05) is 37.3 Å². The van der Waals surface area contributed by atoms with E-state index in [0.717, 1.165) is 5.56 Å². The zero-order valence-electron chi connectivity index (χ0n) is 8.80. The van der Waals surface area contributed by atoms with E-state index in [2.05, 4.69) is 4.98 Å². The smallest absolute Gasteiger partial charge is 0.374 e. The SMILES string of the molecule is CCc1nc(-c2ccccc2)c(C(=O)O)o1. The normalized spacial score (nSPS) is 10.3. The number of aromatic nitrogens is 1. The lowest BCUT2D eigenvalue weighted by molar-refractivity contribution is 0.0661. The van der Waals surface area contributed by atoms with Crippen LogP contribution < -0.4 is 0 Å². The van der Waals surface area contributed by atoms with Crippen LogP contribution in [-0.2, 0) is 6.42 Å². The maximum absolute atomic E-state index is 11.0. The molecule has 16 heavy (non-hydrogen) atoms. The molecule has 2 aromatic rings. The van der Waals surface area contributed by atoms with E-state index in [4.69, 9.17) is 9.52 Å². The number of hydrogen-bond acceptors (Lipinski definition) is 3. The van der Waals surface area contributed by atoms with Gasteiger partial charge in [-0.1, -0.05) is 37.3 Å². The molecule has 2 rings (SSSR count). The minimum atomic E-state index is -1.09. The quantitative estimate of drug-likeness (QED) is 0.858. The number of carboxylic acids is 1. The Morgan fingerprint density at radius 1 is 1.38 bits per heavy atom. The van der Waals surface area contributed by atoms with Crippen molar-refractivity contribution in [2.45, 2.75) is 13.3 Å². The molecule has 1 aromatic carbocycles. The monoisotopic (exact) mass is 217 g/mol. The van der Waals surface area contributed by atoms with Crippen LogP contribution in [0.5, 0.6) is 0 Å². The zero-order valence-corrected chi connectivity index (χ0v) is 8.80. The van der Waals surface area contributed by atoms with E-state index >= 15 is 0 Å². The van der Waals surface area contributed by atoms with Gasteiger partial charge in [0.05, 0.1) is 0 Å². The van der Waals surface area contributed by atoms with Crippen molar-refractivity contribution in [3.05, 3.63) is 42.0 Å². The molecule has 0 aliphatic rings. The second kappa shape index (κ2) is 4.18. The molecule has 0 unspecified atom stereocenters. The van der Waals surface area contributed by atoms with E-state index in [1.54, 1.807) is 0 Å². The molecule has 82 valence electrons. The molecule has 0 atom stereocenters. The van der Waals surface area contributed by atoms with Crippen molar-refractivity contribution in [3.8, 4) is 11.3 Å². The molecule has 1 aromatic heterocycles. The van der Waals surface area contributed by atoms with Gasteiger partial charge in [0.15, 0.2) is 5.89 Å². The molecule has 0 aliphatic heterocycles. The summed E-state index contributed by atoms with van der Waals surface area (Å²) < 4.78 is 5.17. The molecule has 1 heterocycles. The van der Waals surface area contributed by atoms with Crippen molar-refractivity contribution in [1.29, 1.82) is 0 Å². The molecule has 0 fully saturated rings. The molecule has 4 heteroatoms. The van der Waals surface area contributed by atoms with E-state index < -0.39 is 5.97 Å². The van der Waals surface area contributed by atoms with Crippen molar-refractivity contribution < 1.29 is 14.3 Å². The summed E-state index contributed by atoms with van der Waals surface area (Å²) in [6.07, 6.45) is 0.577. The van der Waals surface area contributed by atoms with Gasteiger partial charge in [-0.25, -0.2) is 9.78 Å². The van der Waals surface area contributed by atoms with Crippen LogP contribution in [0.4, 0.5) is 0 Å². The summed E-state index contributed by atoms with van der Waals surface area (Å²) in [6.45, 7) is 1.87. The predicted octanol–water partition coefficient (Wildman–Crippen LogP) is 2.60. The van der Waals surface area contributed by atoms with Crippen LogP contribution in [0.2, 0.25) is 0 Å². The summed E-state index contributed by atoms with van der Waals surface area (Å²) in [4.78, 5) is 15.2. The minimum Gasteiger partial charge on any atom is -0.475 e. The minimum absolute atomic E-state index is 0.0944. The summed E-state index contributed by atoms with van der Waals surface area (Å²) in [5, 5.41) is 9.00. The third-order valence-corrected chi connectivity index (χ3v) is 2.22. The third-order valence-electron chi connectivity index (χ3n) is 2.22. The van der Waals surface area contributed by atoms with Crippen molar-refractivity contribution >= 4 is 5.97 Å². The highest BCUT2D eigenvalue weighted by atomic mass is 16.4. The molecule has 0 saturated carbocycles. The summed E-state index contributed by atoms with van der Waals surface area (Å²) in [6, 6.07) is 9.15. The highest BCUT2D eigenvalue weighted by molar-refractivity contribution is 5.91. The lowest BCUT2D eigenvalue weighted by Crippen LogP contribution is -1.96. The summed E-state index contributed by atoms with van der Waals surface area (Å²) in [5.74, 6) is -0.745. The Morgan fingerprint density at radius 3 is 2.62 bits per heavy atom. The van der Waals surface area contributed by atoms with Crippen LogP contribution in [0.15, 0.2) is 34.7 Å². The number of hydrogen-bond donors (Lipinski definition) is 1. The van der Waals surface area contributed by atoms with E-state index in [9.17, 15) is 4.79 Å². The van der Waals surface area contributed by atoms with E-state index in [-0.39, 0.29) is 5.76 Å². The molecule has 4 nitrogen and oxygen atoms in total. The molecule has 0 aliphatic carbocycles. The number of carbonyl (C=O) groups is 1. The van der Waals surface area contributed by atoms with Crippen molar-refractivity contribution in [1.82, 2.24) is 4.98 Å². The average Bonchev–Trinajstić information content (AvgIpc) is 2.74. The summed E-state index contributed by atoms with van der Waals surface area (Å²) in [7, 11) is 0. The predicted molar refractivity (Wildman–Crippen MR) is 58.3 cm³/mol. The van der Waals surface area contributed by atoms with Crippen molar-refractivity contribution in [2.75, 3.05) is 0 Å². The fraction of sp³-hybridized carbons (Fsp3) is 0.167. The molecule has 0 radical (unpaired) electrons. The molecule has 0 amide bonds. The van der Waals surface area contributed by atoms with Crippen molar-refractivity contribution in [3.63, 3.8) is 0 Å². The van der Waals surface area contributed by atoms with E-state index in [1.165, 1.54) is 0 Å². The Labute approximate surface area is 92.6 Å². The van der Waals surface area contributed by atoms with Crippen LogP contribution in [0.3, 0.4) is 0 Å². The molecule has 0 saturated heterocycles. The Morgan fingerprint density at radius 2 is 2.06 bits per heavy atom. The fourth-order valence-corrected chi connectivity index (χ4v) is 1.45. The first-order valence-corrected chi connectivity index (χ1v) is 5.00. The van der Waals surface area contributed by atoms with Crippen LogP contribution in [-0.4, -0.2) is 16.1 Å². The highest BCUT2D eigenvalue weighted by Gasteiger charge is 2.19. The first-order chi connectivity index (χ1) is 7.72. The molecular weight excluding hydrogens is 206 g/mol. The number of aromatic carboxylic acids is 1. The first-order valence-electron chi connectivity index (χ1n) is 5.00.